The van der Waals surface area contributed by atoms with E-state index >= 15 is 0 Å². The summed E-state index contributed by atoms with van der Waals surface area (Å²) >= 11 is 2.85. The topological polar surface area (TPSA) is 71.1 Å². The quantitative estimate of drug-likeness (QED) is 0.284. The highest BCUT2D eigenvalue weighted by atomic mass is 32.2. The molecule has 0 atom stereocenters. The molecule has 0 saturated carbocycles. The first kappa shape index (κ1) is 20.8. The van der Waals surface area contributed by atoms with E-state index in [1.54, 1.807) is 6.08 Å². The summed E-state index contributed by atoms with van der Waals surface area (Å²) in [5, 5.41) is 6.29. The van der Waals surface area contributed by atoms with Crippen LogP contribution in [0.25, 0.3) is 16.3 Å². The summed E-state index contributed by atoms with van der Waals surface area (Å²) in [6.07, 6.45) is 3.26. The van der Waals surface area contributed by atoms with E-state index in [0.29, 0.717) is 10.8 Å². The van der Waals surface area contributed by atoms with Crippen molar-refractivity contribution in [2.45, 2.75) is 4.90 Å². The van der Waals surface area contributed by atoms with Crippen molar-refractivity contribution in [3.8, 4) is 0 Å². The van der Waals surface area contributed by atoms with Crippen LogP contribution in [0.5, 0.6) is 0 Å². The van der Waals surface area contributed by atoms with Crippen LogP contribution in [0.1, 0.15) is 5.56 Å². The maximum atomic E-state index is 12.3. The highest BCUT2D eigenvalue weighted by Gasteiger charge is 2.09. The van der Waals surface area contributed by atoms with Gasteiger partial charge in [0.1, 0.15) is 0 Å². The standard InChI is InChI=1S/C24H19N3O2S2/c28-22(14-13-17-7-2-1-3-8-17)25-18-9-6-10-19(15-18)30-16-23(29)27-24-26-20-11-4-5-12-21(20)31-24/h1-15H,16H2,(H,25,28)(H,26,27,29)/b14-13+. The van der Waals surface area contributed by atoms with Crippen LogP contribution in [-0.4, -0.2) is 22.6 Å². The Morgan fingerprint density at radius 3 is 2.58 bits per heavy atom. The minimum atomic E-state index is -0.209. The molecule has 2 amide bonds. The second kappa shape index (κ2) is 10.1. The molecule has 4 rings (SSSR count). The molecule has 0 aliphatic carbocycles. The van der Waals surface area contributed by atoms with E-state index in [9.17, 15) is 9.59 Å². The Kier molecular flexibility index (Phi) is 6.76. The molecule has 5 nitrogen and oxygen atoms in total. The van der Waals surface area contributed by atoms with Crippen LogP contribution in [0.2, 0.25) is 0 Å². The van der Waals surface area contributed by atoms with Gasteiger partial charge in [-0.15, -0.1) is 11.8 Å². The maximum Gasteiger partial charge on any atom is 0.248 e. The van der Waals surface area contributed by atoms with E-state index in [2.05, 4.69) is 15.6 Å². The Morgan fingerprint density at radius 2 is 1.74 bits per heavy atom. The Balaban J connectivity index is 1.30. The summed E-state index contributed by atoms with van der Waals surface area (Å²) in [6, 6.07) is 24.8. The lowest BCUT2D eigenvalue weighted by atomic mass is 10.2. The number of rotatable bonds is 7. The minimum absolute atomic E-state index is 0.121. The van der Waals surface area contributed by atoms with Gasteiger partial charge in [-0.1, -0.05) is 59.9 Å². The van der Waals surface area contributed by atoms with Crippen molar-refractivity contribution in [1.82, 2.24) is 4.98 Å². The van der Waals surface area contributed by atoms with E-state index in [4.69, 9.17) is 0 Å². The van der Waals surface area contributed by atoms with Gasteiger partial charge in [0.15, 0.2) is 5.13 Å². The summed E-state index contributed by atoms with van der Waals surface area (Å²) in [7, 11) is 0. The van der Waals surface area contributed by atoms with Crippen molar-refractivity contribution in [1.29, 1.82) is 0 Å². The molecular formula is C24H19N3O2S2. The van der Waals surface area contributed by atoms with Crippen molar-refractivity contribution in [3.63, 3.8) is 0 Å². The monoisotopic (exact) mass is 445 g/mol. The SMILES string of the molecule is O=C(/C=C/c1ccccc1)Nc1cccc(SCC(=O)Nc2nc3ccccc3s2)c1. The van der Waals surface area contributed by atoms with Gasteiger partial charge in [0.2, 0.25) is 11.8 Å². The maximum absolute atomic E-state index is 12.3. The zero-order valence-electron chi connectivity index (χ0n) is 16.4. The largest absolute Gasteiger partial charge is 0.322 e. The number of benzene rings is 3. The number of nitrogens with one attached hydrogen (secondary N) is 2. The van der Waals surface area contributed by atoms with Crippen LogP contribution in [0.4, 0.5) is 10.8 Å². The van der Waals surface area contributed by atoms with Crippen LogP contribution in [-0.2, 0) is 9.59 Å². The second-order valence-electron chi connectivity index (χ2n) is 6.58. The molecule has 0 bridgehead atoms. The molecule has 154 valence electrons. The number of aromatic nitrogens is 1. The number of fused-ring (bicyclic) bond motifs is 1. The number of amides is 2. The normalized spacial score (nSPS) is 11.0. The first-order chi connectivity index (χ1) is 15.2. The van der Waals surface area contributed by atoms with Gasteiger partial charge >= 0.3 is 0 Å². The molecule has 0 spiro atoms. The molecule has 4 aromatic rings. The zero-order chi connectivity index (χ0) is 21.5. The molecule has 0 fully saturated rings. The highest BCUT2D eigenvalue weighted by molar-refractivity contribution is 8.00. The van der Waals surface area contributed by atoms with Crippen LogP contribution in [0.15, 0.2) is 89.8 Å². The summed E-state index contributed by atoms with van der Waals surface area (Å²) in [5.41, 5.74) is 2.51. The van der Waals surface area contributed by atoms with Gasteiger partial charge in [-0.05, 0) is 42.0 Å². The fraction of sp³-hybridized carbons (Fsp3) is 0.0417. The summed E-state index contributed by atoms with van der Waals surface area (Å²) in [5.74, 6) is -0.0785. The molecule has 0 radical (unpaired) electrons. The third kappa shape index (κ3) is 6.04. The predicted molar refractivity (Wildman–Crippen MR) is 130 cm³/mol. The molecule has 31 heavy (non-hydrogen) atoms. The average molecular weight is 446 g/mol. The summed E-state index contributed by atoms with van der Waals surface area (Å²) in [6.45, 7) is 0. The zero-order valence-corrected chi connectivity index (χ0v) is 18.1. The number of nitrogens with zero attached hydrogens (tertiary/aromatic N) is 1. The van der Waals surface area contributed by atoms with Gasteiger partial charge in [-0.2, -0.15) is 0 Å². The van der Waals surface area contributed by atoms with Gasteiger partial charge < -0.3 is 10.6 Å². The van der Waals surface area contributed by atoms with E-state index in [-0.39, 0.29) is 17.6 Å². The molecule has 0 aliphatic heterocycles. The lowest BCUT2D eigenvalue weighted by Crippen LogP contribution is -2.13. The molecule has 0 aliphatic rings. The van der Waals surface area contributed by atoms with E-state index in [1.807, 2.05) is 78.9 Å². The van der Waals surface area contributed by atoms with Gasteiger partial charge in [-0.3, -0.25) is 9.59 Å². The van der Waals surface area contributed by atoms with Crippen molar-refractivity contribution in [3.05, 3.63) is 90.5 Å². The predicted octanol–water partition coefficient (Wildman–Crippen LogP) is 5.68. The van der Waals surface area contributed by atoms with Gasteiger partial charge in [0.05, 0.1) is 16.0 Å². The lowest BCUT2D eigenvalue weighted by Gasteiger charge is -2.06. The first-order valence-electron chi connectivity index (χ1n) is 9.58. The molecule has 1 heterocycles. The number of para-hydroxylation sites is 1. The molecule has 0 saturated heterocycles. The first-order valence-corrected chi connectivity index (χ1v) is 11.4. The fourth-order valence-corrected chi connectivity index (χ4v) is 4.45. The Labute approximate surface area is 188 Å². The number of carbonyl (C=O) groups is 2. The molecule has 3 aromatic carbocycles. The van der Waals surface area contributed by atoms with Crippen molar-refractivity contribution in [2.75, 3.05) is 16.4 Å². The molecule has 0 unspecified atom stereocenters. The fourth-order valence-electron chi connectivity index (χ4n) is 2.81. The second-order valence-corrected chi connectivity index (χ2v) is 8.66. The van der Waals surface area contributed by atoms with E-state index in [1.165, 1.54) is 29.2 Å². The Bertz CT molecular complexity index is 1200. The number of thiazole rings is 1. The number of anilines is 2. The lowest BCUT2D eigenvalue weighted by molar-refractivity contribution is -0.114. The third-order valence-corrected chi connectivity index (χ3v) is 6.18. The number of carbonyl (C=O) groups excluding carboxylic acids is 2. The van der Waals surface area contributed by atoms with Crippen LogP contribution < -0.4 is 10.6 Å². The summed E-state index contributed by atoms with van der Waals surface area (Å²) in [4.78, 5) is 29.8. The van der Waals surface area contributed by atoms with E-state index < -0.39 is 0 Å². The number of thioether (sulfide) groups is 1. The van der Waals surface area contributed by atoms with Crippen LogP contribution in [0.3, 0.4) is 0 Å². The molecule has 1 aromatic heterocycles. The van der Waals surface area contributed by atoms with Crippen molar-refractivity contribution in [2.24, 2.45) is 0 Å². The smallest absolute Gasteiger partial charge is 0.248 e. The Hall–Kier alpha value is -3.42. The summed E-state index contributed by atoms with van der Waals surface area (Å²) < 4.78 is 1.04. The molecular weight excluding hydrogens is 426 g/mol. The highest BCUT2D eigenvalue weighted by Crippen LogP contribution is 2.26. The average Bonchev–Trinajstić information content (AvgIpc) is 3.19. The van der Waals surface area contributed by atoms with Crippen LogP contribution in [0, 0.1) is 0 Å². The van der Waals surface area contributed by atoms with Crippen molar-refractivity contribution >= 4 is 62.0 Å². The third-order valence-electron chi connectivity index (χ3n) is 4.24. The minimum Gasteiger partial charge on any atom is -0.322 e. The number of hydrogen-bond acceptors (Lipinski definition) is 5. The Morgan fingerprint density at radius 1 is 0.935 bits per heavy atom. The van der Waals surface area contributed by atoms with Crippen LogP contribution >= 0.6 is 23.1 Å². The van der Waals surface area contributed by atoms with Gasteiger partial charge in [0, 0.05) is 16.7 Å². The van der Waals surface area contributed by atoms with E-state index in [0.717, 1.165) is 20.7 Å². The number of hydrogen-bond donors (Lipinski definition) is 2. The molecule has 7 heteroatoms. The molecule has 2 N–H and O–H groups in total. The van der Waals surface area contributed by atoms with Crippen molar-refractivity contribution < 1.29 is 9.59 Å². The van der Waals surface area contributed by atoms with Gasteiger partial charge in [-0.25, -0.2) is 4.98 Å². The van der Waals surface area contributed by atoms with Gasteiger partial charge in [0.25, 0.3) is 0 Å².